The Kier molecular flexibility index (Phi) is 11.1. The highest BCUT2D eigenvalue weighted by Crippen LogP contribution is 2.07. The van der Waals surface area contributed by atoms with Crippen LogP contribution in [0.2, 0.25) is 0 Å². The van der Waals surface area contributed by atoms with Crippen molar-refractivity contribution in [2.45, 2.75) is 38.6 Å². The zero-order valence-corrected chi connectivity index (χ0v) is 16.5. The summed E-state index contributed by atoms with van der Waals surface area (Å²) >= 11 is 0. The molecule has 1 aliphatic rings. The summed E-state index contributed by atoms with van der Waals surface area (Å²) in [5, 5.41) is 10.9. The summed E-state index contributed by atoms with van der Waals surface area (Å²) in [6.07, 6.45) is 10.1. The van der Waals surface area contributed by atoms with Crippen LogP contribution >= 0.6 is 24.0 Å². The molecule has 23 heavy (non-hydrogen) atoms. The fraction of sp³-hybridized carbons (Fsp3) is 0.750. The second kappa shape index (κ2) is 12.6. The first-order valence-corrected chi connectivity index (χ1v) is 8.53. The third kappa shape index (κ3) is 8.55. The Labute approximate surface area is 157 Å². The molecule has 0 bridgehead atoms. The third-order valence-electron chi connectivity index (χ3n) is 4.03. The van der Waals surface area contributed by atoms with E-state index in [0.29, 0.717) is 0 Å². The maximum atomic E-state index is 4.26. The van der Waals surface area contributed by atoms with Crippen LogP contribution in [0.3, 0.4) is 0 Å². The number of aliphatic imine (C=N–C) groups is 1. The maximum Gasteiger partial charge on any atom is 0.190 e. The second-order valence-corrected chi connectivity index (χ2v) is 5.80. The Morgan fingerprint density at radius 2 is 1.83 bits per heavy atom. The summed E-state index contributed by atoms with van der Waals surface area (Å²) in [6, 6.07) is 1.95. The molecule has 1 saturated heterocycles. The summed E-state index contributed by atoms with van der Waals surface area (Å²) in [5.74, 6) is 0.904. The van der Waals surface area contributed by atoms with Gasteiger partial charge in [0.25, 0.3) is 0 Å². The molecule has 2 heterocycles. The summed E-state index contributed by atoms with van der Waals surface area (Å²) < 4.78 is 1.95. The van der Waals surface area contributed by atoms with Crippen LogP contribution in [-0.2, 0) is 6.54 Å². The van der Waals surface area contributed by atoms with E-state index in [1.54, 1.807) is 0 Å². The van der Waals surface area contributed by atoms with Gasteiger partial charge in [0.15, 0.2) is 5.96 Å². The molecule has 0 unspecified atom stereocenters. The lowest BCUT2D eigenvalue weighted by Crippen LogP contribution is -2.38. The van der Waals surface area contributed by atoms with Crippen LogP contribution in [0.5, 0.6) is 0 Å². The predicted molar refractivity (Wildman–Crippen MR) is 107 cm³/mol. The lowest BCUT2D eigenvalue weighted by atomic mass is 10.3. The molecule has 1 aliphatic heterocycles. The van der Waals surface area contributed by atoms with Gasteiger partial charge in [0.2, 0.25) is 0 Å². The lowest BCUT2D eigenvalue weighted by Gasteiger charge is -2.15. The van der Waals surface area contributed by atoms with Crippen LogP contribution in [0.15, 0.2) is 23.5 Å². The van der Waals surface area contributed by atoms with Gasteiger partial charge in [-0.05, 0) is 57.8 Å². The number of aromatic nitrogens is 2. The van der Waals surface area contributed by atoms with E-state index < -0.39 is 0 Å². The molecule has 7 heteroatoms. The van der Waals surface area contributed by atoms with Crippen molar-refractivity contribution in [3.05, 3.63) is 18.5 Å². The number of hydrogen-bond donors (Lipinski definition) is 2. The zero-order chi connectivity index (χ0) is 15.5. The number of nitrogens with one attached hydrogen (secondary N) is 2. The Morgan fingerprint density at radius 3 is 2.48 bits per heavy atom. The Balaban J connectivity index is 0.00000264. The van der Waals surface area contributed by atoms with Gasteiger partial charge in [-0.3, -0.25) is 9.67 Å². The van der Waals surface area contributed by atoms with E-state index in [9.17, 15) is 0 Å². The number of guanidine groups is 1. The molecular weight excluding hydrogens is 403 g/mol. The lowest BCUT2D eigenvalue weighted by molar-refractivity contribution is 0.330. The van der Waals surface area contributed by atoms with Crippen molar-refractivity contribution in [2.75, 3.05) is 39.8 Å². The second-order valence-electron chi connectivity index (χ2n) is 5.80. The smallest absolute Gasteiger partial charge is 0.190 e. The largest absolute Gasteiger partial charge is 0.356 e. The highest BCUT2D eigenvalue weighted by Gasteiger charge is 2.09. The van der Waals surface area contributed by atoms with Gasteiger partial charge in [-0.1, -0.05) is 0 Å². The number of halogens is 1. The molecule has 1 aromatic rings. The van der Waals surface area contributed by atoms with Crippen LogP contribution < -0.4 is 10.6 Å². The highest BCUT2D eigenvalue weighted by molar-refractivity contribution is 14.0. The van der Waals surface area contributed by atoms with Crippen molar-refractivity contribution >= 4 is 29.9 Å². The number of nitrogens with zero attached hydrogens (tertiary/aromatic N) is 4. The molecule has 0 atom stereocenters. The first kappa shape index (κ1) is 20.2. The topological polar surface area (TPSA) is 57.5 Å². The van der Waals surface area contributed by atoms with Crippen LogP contribution in [0.4, 0.5) is 0 Å². The van der Waals surface area contributed by atoms with E-state index in [1.165, 1.54) is 45.3 Å². The molecule has 132 valence electrons. The highest BCUT2D eigenvalue weighted by atomic mass is 127. The number of hydrogen-bond acceptors (Lipinski definition) is 3. The van der Waals surface area contributed by atoms with Crippen LogP contribution in [0.1, 0.15) is 32.1 Å². The molecule has 1 aromatic heterocycles. The molecule has 0 aliphatic carbocycles. The molecule has 0 spiro atoms. The van der Waals surface area contributed by atoms with Gasteiger partial charge in [-0.25, -0.2) is 0 Å². The molecule has 6 nitrogen and oxygen atoms in total. The molecular formula is C16H31IN6. The molecule has 1 fully saturated rings. The number of rotatable bonds is 9. The maximum absolute atomic E-state index is 4.26. The number of unbranched alkanes of at least 4 members (excludes halogenated alkanes) is 1. The van der Waals surface area contributed by atoms with Gasteiger partial charge in [0, 0.05) is 39.1 Å². The van der Waals surface area contributed by atoms with E-state index in [4.69, 9.17) is 0 Å². The third-order valence-corrected chi connectivity index (χ3v) is 4.03. The molecule has 0 aromatic carbocycles. The van der Waals surface area contributed by atoms with E-state index in [-0.39, 0.29) is 24.0 Å². The molecule has 0 amide bonds. The minimum Gasteiger partial charge on any atom is -0.356 e. The summed E-state index contributed by atoms with van der Waals surface area (Å²) in [6.45, 7) is 6.68. The van der Waals surface area contributed by atoms with E-state index in [1.807, 2.05) is 30.2 Å². The van der Waals surface area contributed by atoms with Gasteiger partial charge < -0.3 is 15.5 Å². The fourth-order valence-corrected chi connectivity index (χ4v) is 2.77. The van der Waals surface area contributed by atoms with Gasteiger partial charge in [0.1, 0.15) is 0 Å². The summed E-state index contributed by atoms with van der Waals surface area (Å²) in [4.78, 5) is 6.83. The average molecular weight is 434 g/mol. The Bertz CT molecular complexity index is 414. The van der Waals surface area contributed by atoms with E-state index in [2.05, 4.69) is 25.6 Å². The zero-order valence-electron chi connectivity index (χ0n) is 14.2. The molecule has 2 rings (SSSR count). The first-order chi connectivity index (χ1) is 10.9. The molecule has 2 N–H and O–H groups in total. The number of likely N-dealkylation sites (tertiary alicyclic amines) is 1. The van der Waals surface area contributed by atoms with Crippen molar-refractivity contribution in [1.82, 2.24) is 25.3 Å². The quantitative estimate of drug-likeness (QED) is 0.270. The van der Waals surface area contributed by atoms with Crippen LogP contribution in [-0.4, -0.2) is 60.4 Å². The van der Waals surface area contributed by atoms with Crippen LogP contribution in [0, 0.1) is 0 Å². The minimum absolute atomic E-state index is 0. The Morgan fingerprint density at radius 1 is 1.09 bits per heavy atom. The van der Waals surface area contributed by atoms with Crippen molar-refractivity contribution in [3.63, 3.8) is 0 Å². The normalized spacial score (nSPS) is 15.4. The van der Waals surface area contributed by atoms with Crippen molar-refractivity contribution in [2.24, 2.45) is 4.99 Å². The van der Waals surface area contributed by atoms with E-state index in [0.717, 1.165) is 32.0 Å². The first-order valence-electron chi connectivity index (χ1n) is 8.53. The van der Waals surface area contributed by atoms with Gasteiger partial charge in [-0.2, -0.15) is 5.10 Å². The SMILES string of the molecule is CN=C(NCCCCN1CCCC1)NCCCn1cccn1.I. The van der Waals surface area contributed by atoms with Crippen molar-refractivity contribution in [3.8, 4) is 0 Å². The number of aryl methyl sites for hydroxylation is 1. The van der Waals surface area contributed by atoms with E-state index >= 15 is 0 Å². The Hall–Kier alpha value is -0.830. The van der Waals surface area contributed by atoms with Crippen LogP contribution in [0.25, 0.3) is 0 Å². The predicted octanol–water partition coefficient (Wildman–Crippen LogP) is 1.93. The van der Waals surface area contributed by atoms with Gasteiger partial charge in [-0.15, -0.1) is 24.0 Å². The monoisotopic (exact) mass is 434 g/mol. The average Bonchev–Trinajstić information content (AvgIpc) is 3.22. The summed E-state index contributed by atoms with van der Waals surface area (Å²) in [5.41, 5.74) is 0. The minimum atomic E-state index is 0. The standard InChI is InChI=1S/C16H30N6.HI/c1-17-16(19-9-6-14-22-15-7-10-20-22)18-8-2-3-11-21-12-4-5-13-21;/h7,10,15H,2-6,8-9,11-14H2,1H3,(H2,17,18,19);1H. The molecule has 0 saturated carbocycles. The van der Waals surface area contributed by atoms with Crippen molar-refractivity contribution < 1.29 is 0 Å². The molecule has 0 radical (unpaired) electrons. The van der Waals surface area contributed by atoms with Crippen molar-refractivity contribution in [1.29, 1.82) is 0 Å². The van der Waals surface area contributed by atoms with Gasteiger partial charge >= 0.3 is 0 Å². The fourth-order valence-electron chi connectivity index (χ4n) is 2.77. The van der Waals surface area contributed by atoms with Gasteiger partial charge in [0.05, 0.1) is 0 Å². The summed E-state index contributed by atoms with van der Waals surface area (Å²) in [7, 11) is 1.83.